The lowest BCUT2D eigenvalue weighted by molar-refractivity contribution is 0.472. The van der Waals surface area contributed by atoms with E-state index < -0.39 is 109 Å². The average Bonchev–Trinajstić information content (AvgIpc) is 3.46. The number of hydrogen-bond donors (Lipinski definition) is 6. The van der Waals surface area contributed by atoms with Crippen LogP contribution in [0, 0.1) is 0 Å². The highest BCUT2D eigenvalue weighted by molar-refractivity contribution is 7.93. The summed E-state index contributed by atoms with van der Waals surface area (Å²) in [4.78, 5) is -0.353. The Morgan fingerprint density at radius 2 is 1.27 bits per heavy atom. The Bertz CT molecular complexity index is 2980. The van der Waals surface area contributed by atoms with E-state index in [0.29, 0.717) is 35.0 Å². The number of thiazole rings is 1. The van der Waals surface area contributed by atoms with Crippen LogP contribution in [0.25, 0.3) is 21.0 Å². The van der Waals surface area contributed by atoms with Crippen molar-refractivity contribution in [3.63, 3.8) is 0 Å². The second-order valence-electron chi connectivity index (χ2n) is 10.3. The second-order valence-corrected chi connectivity index (χ2v) is 19.3. The molecule has 0 atom stereocenters. The number of nitrogens with two attached hydrogens (primary N) is 1. The predicted octanol–water partition coefficient (Wildman–Crippen LogP) is 4.35. The molecule has 276 valence electrons. The Morgan fingerprint density at radius 1 is 0.692 bits per heavy atom. The normalized spacial score (nSPS) is 13.6. The van der Waals surface area contributed by atoms with Crippen LogP contribution in [0.4, 0.5) is 28.4 Å². The van der Waals surface area contributed by atoms with Crippen LogP contribution in [0.1, 0.15) is 6.92 Å². The third kappa shape index (κ3) is 7.62. The van der Waals surface area contributed by atoms with E-state index in [1.807, 2.05) is 0 Å². The van der Waals surface area contributed by atoms with Gasteiger partial charge in [-0.1, -0.05) is 6.92 Å². The predicted molar refractivity (Wildman–Crippen MR) is 181 cm³/mol. The van der Waals surface area contributed by atoms with Crippen molar-refractivity contribution in [1.82, 2.24) is 4.98 Å². The molecule has 4 aromatic carbocycles. The Kier molecular flexibility index (Phi) is 9.75. The van der Waals surface area contributed by atoms with Gasteiger partial charge in [-0.3, -0.25) is 18.2 Å². The number of nitrogens with zero attached hydrogens (tertiary/aromatic N) is 5. The second kappa shape index (κ2) is 13.1. The summed E-state index contributed by atoms with van der Waals surface area (Å²) >= 11 is 0.818. The molecule has 0 unspecified atom stereocenters. The first-order chi connectivity index (χ1) is 23.8. The number of anilines is 1. The van der Waals surface area contributed by atoms with Crippen LogP contribution < -0.4 is 5.73 Å². The van der Waals surface area contributed by atoms with Crippen LogP contribution >= 0.6 is 11.3 Å². The van der Waals surface area contributed by atoms with Gasteiger partial charge in [-0.2, -0.15) is 38.8 Å². The van der Waals surface area contributed by atoms with E-state index in [0.717, 1.165) is 11.3 Å². The first-order valence-corrected chi connectivity index (χ1v) is 21.7. The van der Waals surface area contributed by atoms with E-state index in [9.17, 15) is 65.4 Å². The fourth-order valence-corrected chi connectivity index (χ4v) is 9.26. The zero-order chi connectivity index (χ0) is 38.8. The van der Waals surface area contributed by atoms with Crippen molar-refractivity contribution in [2.24, 2.45) is 20.5 Å². The number of sulfone groups is 1. The summed E-state index contributed by atoms with van der Waals surface area (Å²) in [7, 11) is -24.5. The molecule has 0 spiro atoms. The number of azo groups is 2. The van der Waals surface area contributed by atoms with E-state index in [-0.39, 0.29) is 21.3 Å². The Labute approximate surface area is 297 Å². The van der Waals surface area contributed by atoms with Crippen molar-refractivity contribution < 1.29 is 65.4 Å². The van der Waals surface area contributed by atoms with Crippen LogP contribution in [0.2, 0.25) is 0 Å². The minimum absolute atomic E-state index is 0.000391. The fraction of sp³-hybridized carbons (Fsp3) is 0.0800. The zero-order valence-electron chi connectivity index (χ0n) is 25.4. The monoisotopic (exact) mass is 836 g/mol. The molecule has 0 bridgehead atoms. The van der Waals surface area contributed by atoms with Crippen LogP contribution in [0.5, 0.6) is 5.75 Å². The van der Waals surface area contributed by atoms with Gasteiger partial charge in [0.05, 0.1) is 37.6 Å². The number of aromatic hydroxyl groups is 1. The average molecular weight is 837 g/mol. The number of phenolic OH excluding ortho intramolecular Hbond substituents is 1. The largest absolute Gasteiger partial charge is 0.505 e. The molecule has 0 amide bonds. The maximum atomic E-state index is 12.4. The smallest absolute Gasteiger partial charge is 0.296 e. The SMILES string of the molecule is CCS(=O)(=O)c1nc2ccc(N=Nc3c(S(=O)(=O)O)cc4cc(S(=O)(=O)O)c(N=Nc5cc(S(=O)(=O)O)ccc5S(=O)(=O)O)c(O)c4c3N)cc2s1. The number of phenols is 1. The molecule has 0 radical (unpaired) electrons. The summed E-state index contributed by atoms with van der Waals surface area (Å²) in [5, 5.41) is 24.6. The Morgan fingerprint density at radius 3 is 1.83 bits per heavy atom. The van der Waals surface area contributed by atoms with Crippen LogP contribution in [0.3, 0.4) is 0 Å². The summed E-state index contributed by atoms with van der Waals surface area (Å²) in [5.74, 6) is -1.48. The summed E-state index contributed by atoms with van der Waals surface area (Å²) in [6, 6.07) is 6.68. The fourth-order valence-electron chi connectivity index (χ4n) is 4.48. The van der Waals surface area contributed by atoms with Gasteiger partial charge < -0.3 is 10.8 Å². The van der Waals surface area contributed by atoms with Gasteiger partial charge in [-0.15, -0.1) is 26.7 Å². The van der Waals surface area contributed by atoms with Crippen LogP contribution in [0.15, 0.2) is 92.9 Å². The standard InChI is InChI=1S/C25H20N6O15S6/c1-2-48(33,34)25-27-14-5-3-12(9-16(14)47-25)28-30-22-18(51(41,42)43)7-11-8-19(52(44,45)46)23(24(32)20(11)21(22)26)31-29-15-10-13(49(35,36)37)4-6-17(15)50(38,39)40/h3-10,32H,2,26H2,1H3,(H,35,36,37)(H,38,39,40)(H,41,42,43)(H,44,45,46). The lowest BCUT2D eigenvalue weighted by Crippen LogP contribution is -2.04. The molecule has 0 saturated carbocycles. The molecule has 27 heteroatoms. The molecule has 0 saturated heterocycles. The Balaban J connectivity index is 1.75. The number of rotatable bonds is 10. The van der Waals surface area contributed by atoms with E-state index in [4.69, 9.17) is 5.73 Å². The highest BCUT2D eigenvalue weighted by Gasteiger charge is 2.29. The summed E-state index contributed by atoms with van der Waals surface area (Å²) < 4.78 is 160. The molecular weight excluding hydrogens is 817 g/mol. The summed E-state index contributed by atoms with van der Waals surface area (Å²) in [6.07, 6.45) is 0. The summed E-state index contributed by atoms with van der Waals surface area (Å²) in [6.45, 7) is 1.43. The summed E-state index contributed by atoms with van der Waals surface area (Å²) in [5.41, 5.74) is 2.65. The molecule has 1 aromatic heterocycles. The first-order valence-electron chi connectivity index (χ1n) is 13.5. The molecule has 52 heavy (non-hydrogen) atoms. The number of hydrogen-bond acceptors (Lipinski definition) is 18. The number of aromatic nitrogens is 1. The van der Waals surface area contributed by atoms with Crippen molar-refractivity contribution in [2.75, 3.05) is 11.5 Å². The topological polar surface area (TPSA) is 360 Å². The minimum Gasteiger partial charge on any atom is -0.505 e. The van der Waals surface area contributed by atoms with Gasteiger partial charge in [-0.05, 0) is 53.9 Å². The van der Waals surface area contributed by atoms with Gasteiger partial charge in [0.2, 0.25) is 14.2 Å². The minimum atomic E-state index is -5.42. The van der Waals surface area contributed by atoms with Gasteiger partial charge in [0.15, 0.2) is 5.75 Å². The third-order valence-corrected chi connectivity index (χ3v) is 13.6. The number of nitrogen functional groups attached to an aromatic ring is 1. The molecule has 21 nitrogen and oxygen atoms in total. The van der Waals surface area contributed by atoms with Gasteiger partial charge >= 0.3 is 0 Å². The molecule has 0 aliphatic heterocycles. The molecule has 0 aliphatic carbocycles. The number of benzene rings is 4. The van der Waals surface area contributed by atoms with Gasteiger partial charge in [0.1, 0.15) is 31.7 Å². The molecule has 0 aliphatic rings. The third-order valence-electron chi connectivity index (χ3n) is 6.90. The van der Waals surface area contributed by atoms with E-state index in [1.54, 1.807) is 0 Å². The molecule has 0 fully saturated rings. The van der Waals surface area contributed by atoms with Gasteiger partial charge in [0.25, 0.3) is 40.5 Å². The maximum absolute atomic E-state index is 12.4. The Hall–Kier alpha value is -4.58. The highest BCUT2D eigenvalue weighted by Crippen LogP contribution is 2.48. The molecule has 1 heterocycles. The van der Waals surface area contributed by atoms with E-state index >= 15 is 0 Å². The number of fused-ring (bicyclic) bond motifs is 2. The van der Waals surface area contributed by atoms with Crippen molar-refractivity contribution in [3.8, 4) is 5.75 Å². The zero-order valence-corrected chi connectivity index (χ0v) is 30.3. The van der Waals surface area contributed by atoms with Crippen LogP contribution in [-0.4, -0.2) is 76.1 Å². The van der Waals surface area contributed by atoms with Crippen molar-refractivity contribution >= 4 is 111 Å². The van der Waals surface area contributed by atoms with Gasteiger partial charge in [-0.25, -0.2) is 13.4 Å². The highest BCUT2D eigenvalue weighted by atomic mass is 32.2. The maximum Gasteiger partial charge on any atom is 0.296 e. The van der Waals surface area contributed by atoms with Crippen LogP contribution in [-0.2, 0) is 50.3 Å². The molecular formula is C25H20N6O15S6. The lowest BCUT2D eigenvalue weighted by atomic mass is 10.1. The van der Waals surface area contributed by atoms with Gasteiger partial charge in [0, 0.05) is 0 Å². The van der Waals surface area contributed by atoms with Crippen molar-refractivity contribution in [1.29, 1.82) is 0 Å². The van der Waals surface area contributed by atoms with Crippen molar-refractivity contribution in [2.45, 2.75) is 30.8 Å². The molecule has 5 rings (SSSR count). The molecule has 7 N–H and O–H groups in total. The first kappa shape index (κ1) is 38.6. The van der Waals surface area contributed by atoms with E-state index in [1.165, 1.54) is 25.1 Å². The molecule has 5 aromatic rings. The lowest BCUT2D eigenvalue weighted by Gasteiger charge is -2.14. The van der Waals surface area contributed by atoms with Crippen molar-refractivity contribution in [3.05, 3.63) is 48.5 Å². The van der Waals surface area contributed by atoms with E-state index in [2.05, 4.69) is 25.4 Å². The quantitative estimate of drug-likeness (QED) is 0.0646.